The summed E-state index contributed by atoms with van der Waals surface area (Å²) in [6.45, 7) is 6.01. The highest BCUT2D eigenvalue weighted by Crippen LogP contribution is 2.32. The predicted octanol–water partition coefficient (Wildman–Crippen LogP) is 4.19. The number of benzene rings is 2. The normalized spacial score (nSPS) is 20.0. The molecule has 2 aromatic rings. The Morgan fingerprint density at radius 2 is 1.85 bits per heavy atom. The minimum Gasteiger partial charge on any atom is -0.486 e. The molecule has 0 saturated carbocycles. The van der Waals surface area contributed by atoms with Crippen molar-refractivity contribution in [3.05, 3.63) is 59.7 Å². The van der Waals surface area contributed by atoms with Crippen molar-refractivity contribution in [2.75, 3.05) is 32.8 Å². The fraction of sp³-hybridized carbons (Fsp3) is 0.409. The zero-order chi connectivity index (χ0) is 17.9. The average Bonchev–Trinajstić information content (AvgIpc) is 3.16. The van der Waals surface area contributed by atoms with Gasteiger partial charge in [0.2, 0.25) is 0 Å². The number of carbonyl (C=O) groups is 1. The van der Waals surface area contributed by atoms with Gasteiger partial charge in [-0.15, -0.1) is 12.4 Å². The third kappa shape index (κ3) is 4.45. The SMILES string of the molecule is CC(CN1CCC(c2ccccc2)C1)C(=O)c1ccc2c(c1)OCCO2.Cl. The van der Waals surface area contributed by atoms with Crippen LogP contribution in [0.1, 0.15) is 35.2 Å². The molecule has 0 amide bonds. The first-order chi connectivity index (χ1) is 12.7. The lowest BCUT2D eigenvalue weighted by Crippen LogP contribution is -2.30. The molecule has 5 heteroatoms. The van der Waals surface area contributed by atoms with Gasteiger partial charge in [-0.2, -0.15) is 0 Å². The molecule has 2 aliphatic heterocycles. The number of ether oxygens (including phenoxy) is 2. The number of fused-ring (bicyclic) bond motifs is 1. The standard InChI is InChI=1S/C22H25NO3.ClH/c1-16(14-23-10-9-19(15-23)17-5-3-2-4-6-17)22(24)18-7-8-20-21(13-18)26-12-11-25-20;/h2-8,13,16,19H,9-12,14-15H2,1H3;1H. The topological polar surface area (TPSA) is 38.8 Å². The van der Waals surface area contributed by atoms with Gasteiger partial charge in [-0.3, -0.25) is 4.79 Å². The van der Waals surface area contributed by atoms with E-state index >= 15 is 0 Å². The molecule has 27 heavy (non-hydrogen) atoms. The summed E-state index contributed by atoms with van der Waals surface area (Å²) in [5.41, 5.74) is 2.11. The fourth-order valence-corrected chi connectivity index (χ4v) is 3.95. The van der Waals surface area contributed by atoms with E-state index in [1.807, 2.05) is 25.1 Å². The van der Waals surface area contributed by atoms with E-state index in [1.165, 1.54) is 5.56 Å². The molecule has 1 saturated heterocycles. The van der Waals surface area contributed by atoms with Gasteiger partial charge in [-0.05, 0) is 42.6 Å². The first-order valence-electron chi connectivity index (χ1n) is 9.42. The summed E-state index contributed by atoms with van der Waals surface area (Å²) in [7, 11) is 0. The van der Waals surface area contributed by atoms with Crippen LogP contribution in [0.5, 0.6) is 11.5 Å². The summed E-state index contributed by atoms with van der Waals surface area (Å²) < 4.78 is 11.1. The van der Waals surface area contributed by atoms with Crippen molar-refractivity contribution in [2.24, 2.45) is 5.92 Å². The van der Waals surface area contributed by atoms with Gasteiger partial charge in [0.1, 0.15) is 13.2 Å². The van der Waals surface area contributed by atoms with Gasteiger partial charge in [0, 0.05) is 24.6 Å². The highest BCUT2D eigenvalue weighted by atomic mass is 35.5. The largest absolute Gasteiger partial charge is 0.486 e. The van der Waals surface area contributed by atoms with Crippen LogP contribution >= 0.6 is 12.4 Å². The van der Waals surface area contributed by atoms with E-state index < -0.39 is 0 Å². The Bertz CT molecular complexity index is 780. The van der Waals surface area contributed by atoms with Crippen molar-refractivity contribution in [1.82, 2.24) is 4.90 Å². The minimum atomic E-state index is -0.0351. The Balaban J connectivity index is 0.00000210. The Morgan fingerprint density at radius 3 is 2.63 bits per heavy atom. The van der Waals surface area contributed by atoms with Gasteiger partial charge in [0.05, 0.1) is 0 Å². The van der Waals surface area contributed by atoms with Crippen LogP contribution in [0.3, 0.4) is 0 Å². The van der Waals surface area contributed by atoms with E-state index in [1.54, 1.807) is 0 Å². The van der Waals surface area contributed by atoms with Gasteiger partial charge < -0.3 is 14.4 Å². The quantitative estimate of drug-likeness (QED) is 0.721. The molecule has 2 aromatic carbocycles. The number of carbonyl (C=O) groups excluding carboxylic acids is 1. The molecule has 4 nitrogen and oxygen atoms in total. The third-order valence-corrected chi connectivity index (χ3v) is 5.35. The van der Waals surface area contributed by atoms with Crippen LogP contribution in [-0.2, 0) is 0 Å². The predicted molar refractivity (Wildman–Crippen MR) is 108 cm³/mol. The number of Topliss-reactive ketones (excluding diaryl/α,β-unsaturated/α-hetero) is 1. The lowest BCUT2D eigenvalue weighted by atomic mass is 9.97. The van der Waals surface area contributed by atoms with E-state index in [-0.39, 0.29) is 24.1 Å². The molecule has 2 atom stereocenters. The smallest absolute Gasteiger partial charge is 0.167 e. The van der Waals surface area contributed by atoms with Gasteiger partial charge in [0.25, 0.3) is 0 Å². The van der Waals surface area contributed by atoms with E-state index in [2.05, 4.69) is 35.2 Å². The molecule has 144 valence electrons. The van der Waals surface area contributed by atoms with Crippen LogP contribution in [0.15, 0.2) is 48.5 Å². The van der Waals surface area contributed by atoms with Gasteiger partial charge in [-0.1, -0.05) is 37.3 Å². The zero-order valence-corrected chi connectivity index (χ0v) is 16.4. The second-order valence-corrected chi connectivity index (χ2v) is 7.28. The minimum absolute atomic E-state index is 0. The van der Waals surface area contributed by atoms with Crippen LogP contribution in [-0.4, -0.2) is 43.5 Å². The van der Waals surface area contributed by atoms with E-state index in [0.29, 0.717) is 30.4 Å². The van der Waals surface area contributed by atoms with Crippen LogP contribution in [0.25, 0.3) is 0 Å². The number of halogens is 1. The molecule has 0 bridgehead atoms. The number of nitrogens with zero attached hydrogens (tertiary/aromatic N) is 1. The molecular formula is C22H26ClNO3. The Labute approximate surface area is 166 Å². The average molecular weight is 388 g/mol. The second-order valence-electron chi connectivity index (χ2n) is 7.28. The number of rotatable bonds is 5. The fourth-order valence-electron chi connectivity index (χ4n) is 3.95. The van der Waals surface area contributed by atoms with Crippen molar-refractivity contribution in [3.8, 4) is 11.5 Å². The molecular weight excluding hydrogens is 362 g/mol. The number of ketones is 1. The van der Waals surface area contributed by atoms with E-state index in [4.69, 9.17) is 9.47 Å². The van der Waals surface area contributed by atoms with Gasteiger partial charge >= 0.3 is 0 Å². The molecule has 2 unspecified atom stereocenters. The number of hydrogen-bond donors (Lipinski definition) is 0. The molecule has 2 aliphatic rings. The summed E-state index contributed by atoms with van der Waals surface area (Å²) in [6.07, 6.45) is 1.16. The highest BCUT2D eigenvalue weighted by molar-refractivity contribution is 5.98. The summed E-state index contributed by atoms with van der Waals surface area (Å²) >= 11 is 0. The van der Waals surface area contributed by atoms with E-state index in [9.17, 15) is 4.79 Å². The first-order valence-corrected chi connectivity index (χ1v) is 9.42. The lowest BCUT2D eigenvalue weighted by molar-refractivity contribution is 0.0901. The summed E-state index contributed by atoms with van der Waals surface area (Å²) in [5.74, 6) is 2.12. The molecule has 4 rings (SSSR count). The summed E-state index contributed by atoms with van der Waals surface area (Å²) in [4.78, 5) is 15.3. The Morgan fingerprint density at radius 1 is 1.11 bits per heavy atom. The molecule has 0 spiro atoms. The Kier molecular flexibility index (Phi) is 6.40. The maximum absolute atomic E-state index is 12.8. The lowest BCUT2D eigenvalue weighted by Gasteiger charge is -2.22. The summed E-state index contributed by atoms with van der Waals surface area (Å²) in [5, 5.41) is 0. The number of hydrogen-bond acceptors (Lipinski definition) is 4. The monoisotopic (exact) mass is 387 g/mol. The van der Waals surface area contributed by atoms with Crippen molar-refractivity contribution in [2.45, 2.75) is 19.3 Å². The van der Waals surface area contributed by atoms with Crippen LogP contribution in [0.4, 0.5) is 0 Å². The van der Waals surface area contributed by atoms with Gasteiger partial charge in [-0.25, -0.2) is 0 Å². The van der Waals surface area contributed by atoms with Crippen molar-refractivity contribution >= 4 is 18.2 Å². The van der Waals surface area contributed by atoms with Crippen molar-refractivity contribution in [3.63, 3.8) is 0 Å². The summed E-state index contributed by atoms with van der Waals surface area (Å²) in [6, 6.07) is 16.2. The highest BCUT2D eigenvalue weighted by Gasteiger charge is 2.27. The second kappa shape index (κ2) is 8.77. The van der Waals surface area contributed by atoms with Crippen LogP contribution in [0, 0.1) is 5.92 Å². The first kappa shape index (κ1) is 19.7. The molecule has 0 N–H and O–H groups in total. The van der Waals surface area contributed by atoms with Gasteiger partial charge in [0.15, 0.2) is 17.3 Å². The molecule has 0 aliphatic carbocycles. The van der Waals surface area contributed by atoms with Crippen LogP contribution in [0.2, 0.25) is 0 Å². The number of likely N-dealkylation sites (tertiary alicyclic amines) is 1. The zero-order valence-electron chi connectivity index (χ0n) is 15.6. The van der Waals surface area contributed by atoms with Crippen molar-refractivity contribution in [1.29, 1.82) is 0 Å². The van der Waals surface area contributed by atoms with Crippen molar-refractivity contribution < 1.29 is 14.3 Å². The maximum Gasteiger partial charge on any atom is 0.167 e. The molecule has 2 heterocycles. The molecule has 0 radical (unpaired) electrons. The third-order valence-electron chi connectivity index (χ3n) is 5.35. The Hall–Kier alpha value is -2.04. The molecule has 1 fully saturated rings. The molecule has 0 aromatic heterocycles. The van der Waals surface area contributed by atoms with Crippen LogP contribution < -0.4 is 9.47 Å². The van der Waals surface area contributed by atoms with E-state index in [0.717, 1.165) is 31.8 Å². The maximum atomic E-state index is 12.8.